The van der Waals surface area contributed by atoms with Crippen LogP contribution < -0.4 is 5.32 Å². The summed E-state index contributed by atoms with van der Waals surface area (Å²) >= 11 is 0. The van der Waals surface area contributed by atoms with Crippen LogP contribution in [0.15, 0.2) is 40.1 Å². The summed E-state index contributed by atoms with van der Waals surface area (Å²) in [6, 6.07) is 3.00. The van der Waals surface area contributed by atoms with Crippen molar-refractivity contribution in [3.05, 3.63) is 41.7 Å². The number of amides is 2. The van der Waals surface area contributed by atoms with E-state index >= 15 is 0 Å². The second kappa shape index (κ2) is 6.98. The Hall–Kier alpha value is -2.97. The maximum absolute atomic E-state index is 13.7. The second-order valence-corrected chi connectivity index (χ2v) is 6.73. The molecule has 1 N–H and O–H groups in total. The summed E-state index contributed by atoms with van der Waals surface area (Å²) < 4.78 is 26.7. The normalized spacial score (nSPS) is 21.7. The first-order valence-corrected chi connectivity index (χ1v) is 8.86. The molecular formula is C18H20F2N6O. The molecule has 0 saturated carbocycles. The molecule has 2 amide bonds. The van der Waals surface area contributed by atoms with Crippen molar-refractivity contribution in [2.75, 3.05) is 38.0 Å². The molecule has 0 radical (unpaired) electrons. The number of halogens is 2. The molecule has 1 aromatic rings. The zero-order chi connectivity index (χ0) is 19.0. The van der Waals surface area contributed by atoms with Crippen LogP contribution in [0.25, 0.3) is 0 Å². The van der Waals surface area contributed by atoms with Crippen LogP contribution >= 0.6 is 0 Å². The molecule has 3 heterocycles. The van der Waals surface area contributed by atoms with Crippen LogP contribution in [0, 0.1) is 11.6 Å². The van der Waals surface area contributed by atoms with Gasteiger partial charge in [-0.25, -0.2) is 18.6 Å². The summed E-state index contributed by atoms with van der Waals surface area (Å²) in [5.74, 6) is 0.281. The highest BCUT2D eigenvalue weighted by molar-refractivity contribution is 6.03. The minimum Gasteiger partial charge on any atom is -0.353 e. The van der Waals surface area contributed by atoms with Gasteiger partial charge in [-0.3, -0.25) is 4.99 Å². The van der Waals surface area contributed by atoms with Crippen LogP contribution in [-0.4, -0.2) is 71.7 Å². The van der Waals surface area contributed by atoms with Gasteiger partial charge < -0.3 is 20.0 Å². The third-order valence-corrected chi connectivity index (χ3v) is 4.89. The second-order valence-electron chi connectivity index (χ2n) is 6.73. The number of benzene rings is 1. The lowest BCUT2D eigenvalue weighted by Gasteiger charge is -2.37. The number of rotatable bonds is 2. The maximum Gasteiger partial charge on any atom is 0.322 e. The van der Waals surface area contributed by atoms with Crippen molar-refractivity contribution in [2.45, 2.75) is 13.0 Å². The summed E-state index contributed by atoms with van der Waals surface area (Å²) in [5.41, 5.74) is -0.0307. The fourth-order valence-corrected chi connectivity index (χ4v) is 3.28. The molecule has 9 heteroatoms. The number of aliphatic imine (C=N–C) groups is 2. The number of hydrogen-bond acceptors (Lipinski definition) is 5. The summed E-state index contributed by atoms with van der Waals surface area (Å²) in [6.07, 6.45) is 3.77. The topological polar surface area (TPSA) is 63.5 Å². The van der Waals surface area contributed by atoms with E-state index in [2.05, 4.69) is 27.1 Å². The van der Waals surface area contributed by atoms with Crippen molar-refractivity contribution in [1.29, 1.82) is 0 Å². The highest BCUT2D eigenvalue weighted by atomic mass is 19.1. The number of carbonyl (C=O) groups excluding carboxylic acids is 1. The Bertz CT molecular complexity index is 844. The van der Waals surface area contributed by atoms with Crippen LogP contribution in [-0.2, 0) is 0 Å². The highest BCUT2D eigenvalue weighted by Gasteiger charge is 2.28. The molecule has 1 fully saturated rings. The van der Waals surface area contributed by atoms with Gasteiger partial charge in [-0.15, -0.1) is 0 Å². The van der Waals surface area contributed by atoms with Gasteiger partial charge in [0, 0.05) is 38.3 Å². The molecule has 1 aromatic carbocycles. The van der Waals surface area contributed by atoms with Crippen LogP contribution in [0.4, 0.5) is 19.3 Å². The third kappa shape index (κ3) is 3.49. The van der Waals surface area contributed by atoms with Gasteiger partial charge in [0.25, 0.3) is 0 Å². The smallest absolute Gasteiger partial charge is 0.322 e. The third-order valence-electron chi connectivity index (χ3n) is 4.89. The van der Waals surface area contributed by atoms with Crippen LogP contribution in [0.1, 0.15) is 6.92 Å². The number of fused-ring (bicyclic) bond motifs is 1. The van der Waals surface area contributed by atoms with Gasteiger partial charge in [-0.1, -0.05) is 0 Å². The van der Waals surface area contributed by atoms with E-state index in [0.29, 0.717) is 32.2 Å². The van der Waals surface area contributed by atoms with E-state index in [4.69, 9.17) is 0 Å². The minimum absolute atomic E-state index is 0.0307. The molecule has 1 saturated heterocycles. The maximum atomic E-state index is 13.7. The fraction of sp³-hybridized carbons (Fsp3) is 0.389. The molecule has 3 aliphatic heterocycles. The Kier molecular flexibility index (Phi) is 4.51. The Labute approximate surface area is 155 Å². The number of hydrogen-bond donors (Lipinski definition) is 1. The van der Waals surface area contributed by atoms with E-state index < -0.39 is 17.7 Å². The Morgan fingerprint density at radius 2 is 2.00 bits per heavy atom. The summed E-state index contributed by atoms with van der Waals surface area (Å²) in [4.78, 5) is 27.1. The molecule has 0 aromatic heterocycles. The number of anilines is 1. The first-order valence-electron chi connectivity index (χ1n) is 8.86. The summed E-state index contributed by atoms with van der Waals surface area (Å²) in [6.45, 7) is 5.06. The van der Waals surface area contributed by atoms with Gasteiger partial charge in [0.05, 0.1) is 24.6 Å². The van der Waals surface area contributed by atoms with Crippen LogP contribution in [0.2, 0.25) is 0 Å². The van der Waals surface area contributed by atoms with E-state index in [9.17, 15) is 13.6 Å². The molecular weight excluding hydrogens is 354 g/mol. The number of amidine groups is 1. The minimum atomic E-state index is -0.792. The average Bonchev–Trinajstić information content (AvgIpc) is 3.04. The van der Waals surface area contributed by atoms with E-state index in [-0.39, 0.29) is 5.69 Å². The van der Waals surface area contributed by atoms with E-state index in [0.717, 1.165) is 30.3 Å². The van der Waals surface area contributed by atoms with Crippen molar-refractivity contribution in [2.24, 2.45) is 9.98 Å². The standard InChI is InChI=1S/C18H20F2N6O/c1-12-10-21-17-9-16(22-11-26(12)17)24-4-6-25(7-5-24)18(27)23-15-3-2-13(19)8-14(15)20/h2-3,8-9,11-12H,4-7,10H2,1H3,(H,23,27)/t12-/m0/s1. The predicted octanol–water partition coefficient (Wildman–Crippen LogP) is 2.10. The van der Waals surface area contributed by atoms with Crippen molar-refractivity contribution in [3.63, 3.8) is 0 Å². The zero-order valence-electron chi connectivity index (χ0n) is 14.9. The quantitative estimate of drug-likeness (QED) is 0.862. The van der Waals surface area contributed by atoms with Crippen molar-refractivity contribution < 1.29 is 13.6 Å². The molecule has 0 bridgehead atoms. The number of nitrogens with zero attached hydrogens (tertiary/aromatic N) is 5. The lowest BCUT2D eigenvalue weighted by molar-refractivity contribution is 0.166. The highest BCUT2D eigenvalue weighted by Crippen LogP contribution is 2.20. The van der Waals surface area contributed by atoms with E-state index in [1.807, 2.05) is 17.3 Å². The van der Waals surface area contributed by atoms with Gasteiger partial charge in [0.1, 0.15) is 23.3 Å². The van der Waals surface area contributed by atoms with Crippen molar-refractivity contribution >= 4 is 23.9 Å². The first-order chi connectivity index (χ1) is 13.0. The summed E-state index contributed by atoms with van der Waals surface area (Å²) in [5, 5.41) is 2.49. The molecule has 7 nitrogen and oxygen atoms in total. The van der Waals surface area contributed by atoms with Crippen LogP contribution in [0.3, 0.4) is 0 Å². The van der Waals surface area contributed by atoms with Crippen molar-refractivity contribution in [3.8, 4) is 0 Å². The zero-order valence-corrected chi connectivity index (χ0v) is 14.9. The molecule has 27 heavy (non-hydrogen) atoms. The molecule has 4 rings (SSSR count). The predicted molar refractivity (Wildman–Crippen MR) is 98.7 cm³/mol. The fourth-order valence-electron chi connectivity index (χ4n) is 3.28. The number of nitrogens with one attached hydrogen (secondary N) is 1. The largest absolute Gasteiger partial charge is 0.353 e. The Balaban J connectivity index is 1.34. The van der Waals surface area contributed by atoms with Gasteiger partial charge >= 0.3 is 6.03 Å². The number of carbonyl (C=O) groups is 1. The lowest BCUT2D eigenvalue weighted by atomic mass is 10.2. The van der Waals surface area contributed by atoms with Gasteiger partial charge in [0.15, 0.2) is 0 Å². The monoisotopic (exact) mass is 374 g/mol. The Morgan fingerprint density at radius 1 is 1.22 bits per heavy atom. The van der Waals surface area contributed by atoms with E-state index in [1.54, 1.807) is 4.90 Å². The van der Waals surface area contributed by atoms with Crippen molar-refractivity contribution in [1.82, 2.24) is 14.7 Å². The summed E-state index contributed by atoms with van der Waals surface area (Å²) in [7, 11) is 0. The molecule has 3 aliphatic rings. The van der Waals surface area contributed by atoms with Gasteiger partial charge in [-0.2, -0.15) is 0 Å². The SMILES string of the molecule is C[C@H]1CN=C2C=C(N3CCN(C(=O)Nc4ccc(F)cc4F)CC3)N=CN21. The van der Waals surface area contributed by atoms with Crippen LogP contribution in [0.5, 0.6) is 0 Å². The number of piperazine rings is 1. The average molecular weight is 374 g/mol. The lowest BCUT2D eigenvalue weighted by Crippen LogP contribution is -2.50. The Morgan fingerprint density at radius 3 is 2.74 bits per heavy atom. The van der Waals surface area contributed by atoms with E-state index in [1.165, 1.54) is 6.07 Å². The molecule has 0 aliphatic carbocycles. The molecule has 142 valence electrons. The van der Waals surface area contributed by atoms with Gasteiger partial charge in [-0.05, 0) is 19.1 Å². The van der Waals surface area contributed by atoms with Gasteiger partial charge in [0.2, 0.25) is 0 Å². The molecule has 0 unspecified atom stereocenters. The molecule has 0 spiro atoms. The first kappa shape index (κ1) is 17.4. The molecule has 1 atom stereocenters. The number of urea groups is 1.